The van der Waals surface area contributed by atoms with E-state index in [-0.39, 0.29) is 0 Å². The molecule has 4 nitrogen and oxygen atoms in total. The molecule has 3 N–H and O–H groups in total. The van der Waals surface area contributed by atoms with E-state index in [1.165, 1.54) is 0 Å². The fourth-order valence-corrected chi connectivity index (χ4v) is 2.11. The van der Waals surface area contributed by atoms with E-state index in [0.717, 1.165) is 16.8 Å². The zero-order valence-corrected chi connectivity index (χ0v) is 11.4. The number of para-hydroxylation sites is 1. The lowest BCUT2D eigenvalue weighted by molar-refractivity contribution is -0.118. The number of ether oxygens (including phenoxy) is 1. The van der Waals surface area contributed by atoms with Crippen LogP contribution in [0.1, 0.15) is 17.2 Å². The van der Waals surface area contributed by atoms with Crippen molar-refractivity contribution in [1.29, 1.82) is 0 Å². The molecular weight excluding hydrogens is 252 g/mol. The number of hydrogen-bond acceptors (Lipinski definition) is 3. The lowest BCUT2D eigenvalue weighted by Crippen LogP contribution is -2.28. The second-order valence-corrected chi connectivity index (χ2v) is 4.48. The number of methoxy groups -OCH3 is 1. The number of primary amides is 1. The summed E-state index contributed by atoms with van der Waals surface area (Å²) in [7, 11) is 1.63. The summed E-state index contributed by atoms with van der Waals surface area (Å²) < 4.78 is 5.17. The van der Waals surface area contributed by atoms with Gasteiger partial charge in [-0.15, -0.1) is 0 Å². The second kappa shape index (κ2) is 6.73. The molecule has 0 radical (unpaired) electrons. The molecule has 0 aliphatic carbocycles. The highest BCUT2D eigenvalue weighted by molar-refractivity contribution is 5.84. The van der Waals surface area contributed by atoms with Crippen LogP contribution >= 0.6 is 0 Å². The Morgan fingerprint density at radius 3 is 2.45 bits per heavy atom. The lowest BCUT2D eigenvalue weighted by atomic mass is 10.00. The summed E-state index contributed by atoms with van der Waals surface area (Å²) in [6.45, 7) is 0.441. The summed E-state index contributed by atoms with van der Waals surface area (Å²) in [5.74, 6) is -0.419. The first-order chi connectivity index (χ1) is 9.72. The molecule has 0 saturated heterocycles. The minimum atomic E-state index is -0.580. The molecule has 0 aromatic heterocycles. The molecule has 20 heavy (non-hydrogen) atoms. The fourth-order valence-electron chi connectivity index (χ4n) is 2.11. The number of carbonyl (C=O) groups is 1. The van der Waals surface area contributed by atoms with Crippen LogP contribution in [0, 0.1) is 0 Å². The Bertz CT molecular complexity index is 570. The van der Waals surface area contributed by atoms with Gasteiger partial charge in [0.05, 0.1) is 6.61 Å². The molecular formula is C16H18N2O2. The molecule has 2 aromatic rings. The Balaban J connectivity index is 2.32. The molecule has 1 unspecified atom stereocenters. The number of hydrogen-bond donors (Lipinski definition) is 2. The SMILES string of the molecule is COCc1ccccc1C(Nc1ccccc1)C(N)=O. The Labute approximate surface area is 118 Å². The highest BCUT2D eigenvalue weighted by atomic mass is 16.5. The number of rotatable bonds is 6. The van der Waals surface area contributed by atoms with Crippen molar-refractivity contribution < 1.29 is 9.53 Å². The third kappa shape index (κ3) is 3.36. The van der Waals surface area contributed by atoms with E-state index >= 15 is 0 Å². The minimum Gasteiger partial charge on any atom is -0.380 e. The van der Waals surface area contributed by atoms with Crippen LogP contribution in [0.15, 0.2) is 54.6 Å². The summed E-state index contributed by atoms with van der Waals surface area (Å²) in [5, 5.41) is 3.16. The van der Waals surface area contributed by atoms with Gasteiger partial charge >= 0.3 is 0 Å². The maximum atomic E-state index is 11.8. The second-order valence-electron chi connectivity index (χ2n) is 4.48. The Morgan fingerprint density at radius 2 is 1.80 bits per heavy atom. The van der Waals surface area contributed by atoms with Gasteiger partial charge in [-0.2, -0.15) is 0 Å². The Hall–Kier alpha value is -2.33. The van der Waals surface area contributed by atoms with Crippen LogP contribution in [-0.4, -0.2) is 13.0 Å². The van der Waals surface area contributed by atoms with Crippen molar-refractivity contribution in [2.24, 2.45) is 5.73 Å². The van der Waals surface area contributed by atoms with Gasteiger partial charge in [-0.25, -0.2) is 0 Å². The number of carbonyl (C=O) groups excluding carboxylic acids is 1. The molecule has 104 valence electrons. The molecule has 0 saturated carbocycles. The molecule has 0 bridgehead atoms. The smallest absolute Gasteiger partial charge is 0.244 e. The normalized spacial score (nSPS) is 11.8. The molecule has 0 spiro atoms. The molecule has 0 fully saturated rings. The van der Waals surface area contributed by atoms with E-state index < -0.39 is 11.9 Å². The van der Waals surface area contributed by atoms with Gasteiger partial charge in [0.2, 0.25) is 5.91 Å². The molecule has 0 heterocycles. The highest BCUT2D eigenvalue weighted by Gasteiger charge is 2.20. The van der Waals surface area contributed by atoms with Gasteiger partial charge in [0, 0.05) is 12.8 Å². The largest absolute Gasteiger partial charge is 0.380 e. The molecule has 1 amide bonds. The van der Waals surface area contributed by atoms with Crippen molar-refractivity contribution in [2.75, 3.05) is 12.4 Å². The van der Waals surface area contributed by atoms with Gasteiger partial charge < -0.3 is 15.8 Å². The number of amides is 1. The fraction of sp³-hybridized carbons (Fsp3) is 0.188. The predicted molar refractivity (Wildman–Crippen MR) is 79.2 cm³/mol. The monoisotopic (exact) mass is 270 g/mol. The van der Waals surface area contributed by atoms with E-state index in [1.807, 2.05) is 54.6 Å². The third-order valence-corrected chi connectivity index (χ3v) is 3.04. The minimum absolute atomic E-state index is 0.419. The highest BCUT2D eigenvalue weighted by Crippen LogP contribution is 2.23. The Morgan fingerprint density at radius 1 is 1.15 bits per heavy atom. The third-order valence-electron chi connectivity index (χ3n) is 3.04. The van der Waals surface area contributed by atoms with Crippen LogP contribution in [0.25, 0.3) is 0 Å². The number of nitrogens with two attached hydrogens (primary N) is 1. The maximum Gasteiger partial charge on any atom is 0.244 e. The first-order valence-corrected chi connectivity index (χ1v) is 6.40. The molecule has 2 rings (SSSR count). The topological polar surface area (TPSA) is 64.3 Å². The average Bonchev–Trinajstić information content (AvgIpc) is 2.47. The van der Waals surface area contributed by atoms with Crippen LogP contribution < -0.4 is 11.1 Å². The van der Waals surface area contributed by atoms with Crippen LogP contribution in [0.2, 0.25) is 0 Å². The van der Waals surface area contributed by atoms with Gasteiger partial charge in [-0.3, -0.25) is 4.79 Å². The van der Waals surface area contributed by atoms with E-state index in [1.54, 1.807) is 7.11 Å². The summed E-state index contributed by atoms with van der Waals surface area (Å²) in [5.41, 5.74) is 8.17. The Kier molecular flexibility index (Phi) is 4.74. The van der Waals surface area contributed by atoms with Crippen LogP contribution in [-0.2, 0) is 16.1 Å². The van der Waals surface area contributed by atoms with Gasteiger partial charge in [-0.1, -0.05) is 42.5 Å². The standard InChI is InChI=1S/C16H18N2O2/c1-20-11-12-7-5-6-10-14(12)15(16(17)19)18-13-8-3-2-4-9-13/h2-10,15,18H,11H2,1H3,(H2,17,19). The number of anilines is 1. The van der Waals surface area contributed by atoms with E-state index in [0.29, 0.717) is 6.61 Å². The maximum absolute atomic E-state index is 11.8. The predicted octanol–water partition coefficient (Wildman–Crippen LogP) is 2.47. The summed E-state index contributed by atoms with van der Waals surface area (Å²) in [4.78, 5) is 11.8. The summed E-state index contributed by atoms with van der Waals surface area (Å²) in [6, 6.07) is 16.6. The van der Waals surface area contributed by atoms with E-state index in [4.69, 9.17) is 10.5 Å². The van der Waals surface area contributed by atoms with E-state index in [9.17, 15) is 4.79 Å². The van der Waals surface area contributed by atoms with Crippen molar-refractivity contribution in [3.63, 3.8) is 0 Å². The van der Waals surface area contributed by atoms with Gasteiger partial charge in [0.1, 0.15) is 6.04 Å². The average molecular weight is 270 g/mol. The lowest BCUT2D eigenvalue weighted by Gasteiger charge is -2.20. The van der Waals surface area contributed by atoms with Crippen molar-refractivity contribution in [3.8, 4) is 0 Å². The van der Waals surface area contributed by atoms with Crippen LogP contribution in [0.5, 0.6) is 0 Å². The number of benzene rings is 2. The first kappa shape index (κ1) is 14.1. The van der Waals surface area contributed by atoms with Crippen LogP contribution in [0.3, 0.4) is 0 Å². The zero-order valence-electron chi connectivity index (χ0n) is 11.4. The zero-order chi connectivity index (χ0) is 14.4. The van der Waals surface area contributed by atoms with Crippen molar-refractivity contribution in [3.05, 3.63) is 65.7 Å². The molecule has 4 heteroatoms. The quantitative estimate of drug-likeness (QED) is 0.847. The molecule has 0 aliphatic heterocycles. The number of nitrogens with one attached hydrogen (secondary N) is 1. The summed E-state index contributed by atoms with van der Waals surface area (Å²) >= 11 is 0. The summed E-state index contributed by atoms with van der Waals surface area (Å²) in [6.07, 6.45) is 0. The molecule has 2 aromatic carbocycles. The van der Waals surface area contributed by atoms with Crippen molar-refractivity contribution in [1.82, 2.24) is 0 Å². The van der Waals surface area contributed by atoms with Gasteiger partial charge in [0.15, 0.2) is 0 Å². The molecule has 0 aliphatic rings. The van der Waals surface area contributed by atoms with E-state index in [2.05, 4.69) is 5.32 Å². The van der Waals surface area contributed by atoms with Crippen LogP contribution in [0.4, 0.5) is 5.69 Å². The van der Waals surface area contributed by atoms with Gasteiger partial charge in [0.25, 0.3) is 0 Å². The van der Waals surface area contributed by atoms with Crippen molar-refractivity contribution in [2.45, 2.75) is 12.6 Å². The molecule has 1 atom stereocenters. The van der Waals surface area contributed by atoms with Gasteiger partial charge in [-0.05, 0) is 23.3 Å². The van der Waals surface area contributed by atoms with Crippen molar-refractivity contribution >= 4 is 11.6 Å². The first-order valence-electron chi connectivity index (χ1n) is 6.40.